The molecule has 0 saturated carbocycles. The zero-order valence-corrected chi connectivity index (χ0v) is 15.7. The fourth-order valence-corrected chi connectivity index (χ4v) is 3.54. The van der Waals surface area contributed by atoms with Crippen molar-refractivity contribution >= 4 is 11.8 Å². The van der Waals surface area contributed by atoms with Gasteiger partial charge in [0.05, 0.1) is 12.2 Å². The van der Waals surface area contributed by atoms with Crippen LogP contribution in [0.5, 0.6) is 0 Å². The molecule has 0 aromatic carbocycles. The maximum Gasteiger partial charge on any atom is 0.228 e. The Morgan fingerprint density at radius 1 is 1.19 bits per heavy atom. The molecule has 1 saturated heterocycles. The van der Waals surface area contributed by atoms with E-state index in [2.05, 4.69) is 31.5 Å². The molecular formula is C19H24N8. The molecule has 3 aromatic rings. The maximum absolute atomic E-state index is 4.78. The largest absolute Gasteiger partial charge is 0.309 e. The quantitative estimate of drug-likeness (QED) is 0.745. The summed E-state index contributed by atoms with van der Waals surface area (Å²) in [4.78, 5) is 20.4. The predicted octanol–water partition coefficient (Wildman–Crippen LogP) is 2.78. The summed E-state index contributed by atoms with van der Waals surface area (Å²) in [6, 6.07) is 3.92. The third kappa shape index (κ3) is 4.28. The van der Waals surface area contributed by atoms with E-state index < -0.39 is 0 Å². The Morgan fingerprint density at radius 2 is 2.04 bits per heavy atom. The Bertz CT molecular complexity index is 892. The first-order valence-corrected chi connectivity index (χ1v) is 9.28. The van der Waals surface area contributed by atoms with Crippen LogP contribution in [0, 0.1) is 6.92 Å². The van der Waals surface area contributed by atoms with E-state index >= 15 is 0 Å². The van der Waals surface area contributed by atoms with Crippen molar-refractivity contribution in [3.63, 3.8) is 0 Å². The summed E-state index contributed by atoms with van der Waals surface area (Å²) in [6.45, 7) is 3.90. The van der Waals surface area contributed by atoms with Gasteiger partial charge in [0.1, 0.15) is 11.6 Å². The number of aryl methyl sites for hydroxylation is 2. The number of rotatable bonds is 5. The molecule has 1 N–H and O–H groups in total. The molecule has 4 rings (SSSR count). The number of piperidine rings is 1. The number of nitrogens with one attached hydrogen (secondary N) is 1. The minimum Gasteiger partial charge on any atom is -0.309 e. The van der Waals surface area contributed by atoms with Gasteiger partial charge >= 0.3 is 0 Å². The van der Waals surface area contributed by atoms with Gasteiger partial charge in [0, 0.05) is 49.5 Å². The fourth-order valence-electron chi connectivity index (χ4n) is 3.54. The van der Waals surface area contributed by atoms with Crippen molar-refractivity contribution < 1.29 is 0 Å². The SMILES string of the molecule is Cc1cc(Nc2ncccn2)nc([C@H]2CCCCN2Cc2cnn(C)c2)n1. The molecule has 0 radical (unpaired) electrons. The van der Waals surface area contributed by atoms with Crippen LogP contribution in [0.4, 0.5) is 11.8 Å². The van der Waals surface area contributed by atoms with Crippen LogP contribution in [0.15, 0.2) is 36.9 Å². The van der Waals surface area contributed by atoms with Crippen LogP contribution in [0.25, 0.3) is 0 Å². The Hall–Kier alpha value is -2.87. The zero-order chi connectivity index (χ0) is 18.6. The Balaban J connectivity index is 1.58. The van der Waals surface area contributed by atoms with Gasteiger partial charge in [0.2, 0.25) is 5.95 Å². The first-order chi connectivity index (χ1) is 13.2. The first kappa shape index (κ1) is 17.5. The van der Waals surface area contributed by atoms with Gasteiger partial charge in [0.25, 0.3) is 0 Å². The van der Waals surface area contributed by atoms with Crippen molar-refractivity contribution in [2.75, 3.05) is 11.9 Å². The predicted molar refractivity (Wildman–Crippen MR) is 102 cm³/mol. The highest BCUT2D eigenvalue weighted by atomic mass is 15.3. The van der Waals surface area contributed by atoms with Crippen LogP contribution in [0.2, 0.25) is 0 Å². The van der Waals surface area contributed by atoms with Crippen LogP contribution in [-0.4, -0.2) is 41.2 Å². The molecule has 0 amide bonds. The lowest BCUT2D eigenvalue weighted by Crippen LogP contribution is -2.34. The van der Waals surface area contributed by atoms with E-state index in [-0.39, 0.29) is 6.04 Å². The van der Waals surface area contributed by atoms with Gasteiger partial charge in [-0.3, -0.25) is 9.58 Å². The van der Waals surface area contributed by atoms with E-state index in [0.717, 1.165) is 36.8 Å². The number of nitrogens with zero attached hydrogens (tertiary/aromatic N) is 7. The molecule has 1 atom stereocenters. The molecule has 1 fully saturated rings. The molecule has 0 aliphatic carbocycles. The van der Waals surface area contributed by atoms with Crippen molar-refractivity contribution in [3.8, 4) is 0 Å². The van der Waals surface area contributed by atoms with Crippen molar-refractivity contribution in [1.82, 2.24) is 34.6 Å². The lowest BCUT2D eigenvalue weighted by atomic mass is 10.0. The van der Waals surface area contributed by atoms with Crippen LogP contribution in [-0.2, 0) is 13.6 Å². The smallest absolute Gasteiger partial charge is 0.228 e. The number of likely N-dealkylation sites (tertiary alicyclic amines) is 1. The second-order valence-corrected chi connectivity index (χ2v) is 6.95. The van der Waals surface area contributed by atoms with Crippen molar-refractivity contribution in [1.29, 1.82) is 0 Å². The normalized spacial score (nSPS) is 17.8. The van der Waals surface area contributed by atoms with E-state index in [1.54, 1.807) is 18.5 Å². The molecular weight excluding hydrogens is 340 g/mol. The summed E-state index contributed by atoms with van der Waals surface area (Å²) in [6.07, 6.45) is 10.9. The van der Waals surface area contributed by atoms with Gasteiger partial charge in [-0.2, -0.15) is 5.10 Å². The maximum atomic E-state index is 4.78. The highest BCUT2D eigenvalue weighted by Crippen LogP contribution is 2.31. The van der Waals surface area contributed by atoms with E-state index in [9.17, 15) is 0 Å². The van der Waals surface area contributed by atoms with Crippen molar-refractivity contribution in [2.45, 2.75) is 38.8 Å². The number of aromatic nitrogens is 6. The number of hydrogen-bond donors (Lipinski definition) is 1. The van der Waals surface area contributed by atoms with Crippen molar-refractivity contribution in [3.05, 3.63) is 54.0 Å². The third-order valence-electron chi connectivity index (χ3n) is 4.73. The van der Waals surface area contributed by atoms with Gasteiger partial charge in [0.15, 0.2) is 0 Å². The van der Waals surface area contributed by atoms with E-state index in [1.807, 2.05) is 30.9 Å². The van der Waals surface area contributed by atoms with Gasteiger partial charge in [-0.15, -0.1) is 0 Å². The molecule has 1 aliphatic rings. The topological polar surface area (TPSA) is 84.7 Å². The molecule has 0 bridgehead atoms. The van der Waals surface area contributed by atoms with E-state index in [4.69, 9.17) is 9.97 Å². The highest BCUT2D eigenvalue weighted by molar-refractivity contribution is 5.47. The second-order valence-electron chi connectivity index (χ2n) is 6.95. The van der Waals surface area contributed by atoms with Gasteiger partial charge in [-0.05, 0) is 32.4 Å². The van der Waals surface area contributed by atoms with Gasteiger partial charge in [-0.1, -0.05) is 6.42 Å². The average molecular weight is 364 g/mol. The number of hydrogen-bond acceptors (Lipinski definition) is 7. The summed E-state index contributed by atoms with van der Waals surface area (Å²) < 4.78 is 1.85. The summed E-state index contributed by atoms with van der Waals surface area (Å²) in [7, 11) is 1.95. The Kier molecular flexibility index (Phi) is 5.06. The van der Waals surface area contributed by atoms with Gasteiger partial charge < -0.3 is 5.32 Å². The highest BCUT2D eigenvalue weighted by Gasteiger charge is 2.27. The zero-order valence-electron chi connectivity index (χ0n) is 15.7. The van der Waals surface area contributed by atoms with E-state index in [0.29, 0.717) is 5.95 Å². The van der Waals surface area contributed by atoms with Crippen LogP contribution >= 0.6 is 0 Å². The molecule has 140 valence electrons. The fraction of sp³-hybridized carbons (Fsp3) is 0.421. The molecule has 8 nitrogen and oxygen atoms in total. The summed E-state index contributed by atoms with van der Waals surface area (Å²) >= 11 is 0. The molecule has 3 aromatic heterocycles. The lowest BCUT2D eigenvalue weighted by molar-refractivity contribution is 0.133. The van der Waals surface area contributed by atoms with Gasteiger partial charge in [-0.25, -0.2) is 19.9 Å². The molecule has 4 heterocycles. The van der Waals surface area contributed by atoms with Crippen LogP contribution < -0.4 is 5.32 Å². The lowest BCUT2D eigenvalue weighted by Gasteiger charge is -2.34. The number of anilines is 2. The molecule has 8 heteroatoms. The average Bonchev–Trinajstić information content (AvgIpc) is 3.07. The third-order valence-corrected chi connectivity index (χ3v) is 4.73. The molecule has 0 spiro atoms. The summed E-state index contributed by atoms with van der Waals surface area (Å²) in [5, 5.41) is 7.48. The molecule has 1 aliphatic heterocycles. The molecule has 0 unspecified atom stereocenters. The van der Waals surface area contributed by atoms with Crippen LogP contribution in [0.1, 0.15) is 42.4 Å². The monoisotopic (exact) mass is 364 g/mol. The Morgan fingerprint density at radius 3 is 2.81 bits per heavy atom. The second kappa shape index (κ2) is 7.79. The molecule has 27 heavy (non-hydrogen) atoms. The standard InChI is InChI=1S/C19H24N8/c1-14-10-17(25-19-20-7-5-8-21-19)24-18(23-14)16-6-3-4-9-27(16)13-15-11-22-26(2)12-15/h5,7-8,10-12,16H,3-4,6,9,13H2,1-2H3,(H,20,21,23,24,25)/t16-/m1/s1. The minimum absolute atomic E-state index is 0.205. The minimum atomic E-state index is 0.205. The Labute approximate surface area is 158 Å². The summed E-state index contributed by atoms with van der Waals surface area (Å²) in [5.41, 5.74) is 2.15. The summed E-state index contributed by atoms with van der Waals surface area (Å²) in [5.74, 6) is 2.13. The van der Waals surface area contributed by atoms with Crippen molar-refractivity contribution in [2.24, 2.45) is 7.05 Å². The first-order valence-electron chi connectivity index (χ1n) is 9.28. The van der Waals surface area contributed by atoms with Crippen LogP contribution in [0.3, 0.4) is 0 Å². The van der Waals surface area contributed by atoms with E-state index in [1.165, 1.54) is 18.4 Å².